The Morgan fingerprint density at radius 3 is 2.30 bits per heavy atom. The number of rotatable bonds is 11. The molecule has 2 aromatic rings. The lowest BCUT2D eigenvalue weighted by Gasteiger charge is -2.29. The molecule has 2 aromatic carbocycles. The average Bonchev–Trinajstić information content (AvgIpc) is 2.79. The Balaban J connectivity index is 1.38. The van der Waals surface area contributed by atoms with Gasteiger partial charge in [-0.15, -0.1) is 6.58 Å². The van der Waals surface area contributed by atoms with Gasteiger partial charge in [-0.1, -0.05) is 66.8 Å². The molecule has 1 heteroatoms. The highest BCUT2D eigenvalue weighted by molar-refractivity contribution is 5.49. The Morgan fingerprint density at radius 1 is 0.933 bits per heavy atom. The van der Waals surface area contributed by atoms with Crippen LogP contribution >= 0.6 is 0 Å². The van der Waals surface area contributed by atoms with E-state index < -0.39 is 0 Å². The van der Waals surface area contributed by atoms with Gasteiger partial charge in [-0.2, -0.15) is 0 Å². The summed E-state index contributed by atoms with van der Waals surface area (Å²) in [5.41, 5.74) is 5.58. The van der Waals surface area contributed by atoms with Crippen molar-refractivity contribution in [2.45, 2.75) is 70.8 Å². The van der Waals surface area contributed by atoms with Crippen molar-refractivity contribution >= 4 is 6.08 Å². The summed E-state index contributed by atoms with van der Waals surface area (Å²) in [6.07, 6.45) is 16.3. The first-order valence-corrected chi connectivity index (χ1v) is 11.8. The van der Waals surface area contributed by atoms with Crippen LogP contribution in [-0.2, 0) is 17.8 Å². The zero-order valence-electron chi connectivity index (χ0n) is 18.7. The van der Waals surface area contributed by atoms with Crippen LogP contribution in [0.5, 0.6) is 0 Å². The first-order valence-electron chi connectivity index (χ1n) is 11.8. The predicted octanol–water partition coefficient (Wildman–Crippen LogP) is 8.11. The molecular weight excluding hydrogens is 364 g/mol. The molecule has 0 saturated heterocycles. The highest BCUT2D eigenvalue weighted by Crippen LogP contribution is 2.37. The third kappa shape index (κ3) is 7.29. The van der Waals surface area contributed by atoms with Crippen LogP contribution in [0.25, 0.3) is 6.08 Å². The van der Waals surface area contributed by atoms with Gasteiger partial charge in [-0.05, 0) is 92.4 Å². The Bertz CT molecular complexity index is 761. The van der Waals surface area contributed by atoms with E-state index in [2.05, 4.69) is 74.2 Å². The van der Waals surface area contributed by atoms with Gasteiger partial charge in [0.15, 0.2) is 0 Å². The van der Waals surface area contributed by atoms with Crippen molar-refractivity contribution in [3.05, 3.63) is 89.5 Å². The van der Waals surface area contributed by atoms with Gasteiger partial charge in [0, 0.05) is 6.61 Å². The van der Waals surface area contributed by atoms with Crippen molar-refractivity contribution in [1.29, 1.82) is 0 Å². The quantitative estimate of drug-likeness (QED) is 0.272. The van der Waals surface area contributed by atoms with Crippen molar-refractivity contribution in [2.75, 3.05) is 6.61 Å². The fourth-order valence-electron chi connectivity index (χ4n) is 4.55. The second kappa shape index (κ2) is 12.5. The SMILES string of the molecule is C=CCCCOCc1ccc([C@H]2CC[C@H](CCc3ccc(/C=C\C)cc3)CC2)cc1. The van der Waals surface area contributed by atoms with E-state index in [-0.39, 0.29) is 0 Å². The van der Waals surface area contributed by atoms with Gasteiger partial charge in [0.1, 0.15) is 0 Å². The van der Waals surface area contributed by atoms with E-state index in [4.69, 9.17) is 4.74 Å². The van der Waals surface area contributed by atoms with Crippen LogP contribution in [0.3, 0.4) is 0 Å². The predicted molar refractivity (Wildman–Crippen MR) is 130 cm³/mol. The molecule has 0 atom stereocenters. The Labute approximate surface area is 183 Å². The van der Waals surface area contributed by atoms with Crippen molar-refractivity contribution in [1.82, 2.24) is 0 Å². The topological polar surface area (TPSA) is 9.23 Å². The third-order valence-electron chi connectivity index (χ3n) is 6.44. The van der Waals surface area contributed by atoms with Crippen molar-refractivity contribution in [2.24, 2.45) is 5.92 Å². The number of unbranched alkanes of at least 4 members (excludes halogenated alkanes) is 1. The van der Waals surface area contributed by atoms with E-state index in [1.165, 1.54) is 60.8 Å². The fourth-order valence-corrected chi connectivity index (χ4v) is 4.55. The second-order valence-electron chi connectivity index (χ2n) is 8.72. The summed E-state index contributed by atoms with van der Waals surface area (Å²) in [5, 5.41) is 0. The van der Waals surface area contributed by atoms with Gasteiger partial charge in [-0.3, -0.25) is 0 Å². The monoisotopic (exact) mass is 402 g/mol. The van der Waals surface area contributed by atoms with Crippen LogP contribution in [0, 0.1) is 5.92 Å². The number of hydrogen-bond acceptors (Lipinski definition) is 1. The smallest absolute Gasteiger partial charge is 0.0716 e. The molecule has 1 fully saturated rings. The fraction of sp³-hybridized carbons (Fsp3) is 0.448. The van der Waals surface area contributed by atoms with E-state index in [1.54, 1.807) is 0 Å². The lowest BCUT2D eigenvalue weighted by atomic mass is 9.77. The summed E-state index contributed by atoms with van der Waals surface area (Å²) in [4.78, 5) is 0. The molecule has 0 spiro atoms. The minimum atomic E-state index is 0.722. The summed E-state index contributed by atoms with van der Waals surface area (Å²) in [5.74, 6) is 1.63. The summed E-state index contributed by atoms with van der Waals surface area (Å²) >= 11 is 0. The van der Waals surface area contributed by atoms with Gasteiger partial charge < -0.3 is 4.74 Å². The molecular formula is C29H38O. The normalized spacial score (nSPS) is 19.2. The molecule has 1 aliphatic rings. The van der Waals surface area contributed by atoms with Gasteiger partial charge in [-0.25, -0.2) is 0 Å². The molecule has 0 bridgehead atoms. The molecule has 0 amide bonds. The van der Waals surface area contributed by atoms with Gasteiger partial charge in [0.2, 0.25) is 0 Å². The van der Waals surface area contributed by atoms with Crippen molar-refractivity contribution in [3.8, 4) is 0 Å². The minimum Gasteiger partial charge on any atom is -0.377 e. The average molecular weight is 403 g/mol. The molecule has 1 nitrogen and oxygen atoms in total. The molecule has 0 unspecified atom stereocenters. The van der Waals surface area contributed by atoms with Crippen molar-refractivity contribution < 1.29 is 4.74 Å². The summed E-state index contributed by atoms with van der Waals surface area (Å²) in [6.45, 7) is 7.36. The Morgan fingerprint density at radius 2 is 1.63 bits per heavy atom. The zero-order valence-corrected chi connectivity index (χ0v) is 18.7. The Hall–Kier alpha value is -2.12. The van der Waals surface area contributed by atoms with Crippen LogP contribution in [0.1, 0.15) is 80.0 Å². The molecule has 0 aliphatic heterocycles. The van der Waals surface area contributed by atoms with Crippen LogP contribution in [0.4, 0.5) is 0 Å². The summed E-state index contributed by atoms with van der Waals surface area (Å²) in [6, 6.07) is 18.2. The van der Waals surface area contributed by atoms with Gasteiger partial charge in [0.05, 0.1) is 6.61 Å². The number of benzene rings is 2. The molecule has 1 saturated carbocycles. The van der Waals surface area contributed by atoms with Crippen molar-refractivity contribution in [3.63, 3.8) is 0 Å². The molecule has 30 heavy (non-hydrogen) atoms. The maximum Gasteiger partial charge on any atom is 0.0716 e. The first-order chi connectivity index (χ1) is 14.8. The molecule has 0 N–H and O–H groups in total. The highest BCUT2D eigenvalue weighted by Gasteiger charge is 2.22. The zero-order chi connectivity index (χ0) is 21.0. The van der Waals surface area contributed by atoms with Crippen LogP contribution < -0.4 is 0 Å². The summed E-state index contributed by atoms with van der Waals surface area (Å²) < 4.78 is 5.75. The second-order valence-corrected chi connectivity index (χ2v) is 8.72. The molecule has 3 rings (SSSR count). The standard InChI is InChI=1S/C29H38O/c1-3-5-6-22-30-23-27-16-20-29(21-17-27)28-18-14-26(15-19-28)13-12-25-10-8-24(7-4-2)9-11-25/h3-4,7-11,16-17,20-21,26,28H,1,5-6,12-15,18-19,22-23H2,2H3/b7-4-/t26-,28-. The maximum atomic E-state index is 5.75. The van der Waals surface area contributed by atoms with Crippen LogP contribution in [0.2, 0.25) is 0 Å². The van der Waals surface area contributed by atoms with E-state index in [0.29, 0.717) is 0 Å². The van der Waals surface area contributed by atoms with E-state index >= 15 is 0 Å². The highest BCUT2D eigenvalue weighted by atomic mass is 16.5. The largest absolute Gasteiger partial charge is 0.377 e. The number of hydrogen-bond donors (Lipinski definition) is 0. The molecule has 0 radical (unpaired) electrons. The van der Waals surface area contributed by atoms with Gasteiger partial charge in [0.25, 0.3) is 0 Å². The third-order valence-corrected chi connectivity index (χ3v) is 6.44. The maximum absolute atomic E-state index is 5.75. The van der Waals surface area contributed by atoms with E-state index in [1.807, 2.05) is 6.08 Å². The molecule has 160 valence electrons. The minimum absolute atomic E-state index is 0.722. The van der Waals surface area contributed by atoms with Crippen LogP contribution in [-0.4, -0.2) is 6.61 Å². The van der Waals surface area contributed by atoms with Crippen LogP contribution in [0.15, 0.2) is 67.3 Å². The number of ether oxygens (including phenoxy) is 1. The lowest BCUT2D eigenvalue weighted by molar-refractivity contribution is 0.119. The first kappa shape index (κ1) is 22.6. The molecule has 0 aromatic heterocycles. The lowest BCUT2D eigenvalue weighted by Crippen LogP contribution is -2.14. The number of aryl methyl sites for hydroxylation is 1. The van der Waals surface area contributed by atoms with Gasteiger partial charge >= 0.3 is 0 Å². The van der Waals surface area contributed by atoms with E-state index in [9.17, 15) is 0 Å². The number of allylic oxidation sites excluding steroid dienone is 2. The molecule has 0 heterocycles. The van der Waals surface area contributed by atoms with E-state index in [0.717, 1.165) is 37.9 Å². The summed E-state index contributed by atoms with van der Waals surface area (Å²) in [7, 11) is 0. The molecule has 1 aliphatic carbocycles. The Kier molecular flexibility index (Phi) is 9.44.